The second-order valence-corrected chi connectivity index (χ2v) is 4.25. The SMILES string of the molecule is CCCC[C@@H](N)c1ccc(OC(C)=O)c(OC)c1. The zero-order valence-electron chi connectivity index (χ0n) is 11.2. The van der Waals surface area contributed by atoms with Gasteiger partial charge in [0.05, 0.1) is 7.11 Å². The van der Waals surface area contributed by atoms with Crippen LogP contribution in [0.4, 0.5) is 0 Å². The molecule has 0 bridgehead atoms. The Balaban J connectivity index is 2.87. The van der Waals surface area contributed by atoms with Gasteiger partial charge in [-0.25, -0.2) is 0 Å². The molecule has 0 heterocycles. The van der Waals surface area contributed by atoms with E-state index in [2.05, 4.69) is 6.92 Å². The zero-order valence-corrected chi connectivity index (χ0v) is 11.2. The molecule has 1 aromatic carbocycles. The molecule has 0 unspecified atom stereocenters. The first kappa shape index (κ1) is 14.5. The van der Waals surface area contributed by atoms with Crippen molar-refractivity contribution in [3.05, 3.63) is 23.8 Å². The molecule has 4 heteroatoms. The molecule has 0 radical (unpaired) electrons. The Labute approximate surface area is 108 Å². The lowest BCUT2D eigenvalue weighted by atomic mass is 10.0. The number of ether oxygens (including phenoxy) is 2. The first-order valence-corrected chi connectivity index (χ1v) is 6.20. The van der Waals surface area contributed by atoms with E-state index in [-0.39, 0.29) is 12.0 Å². The van der Waals surface area contributed by atoms with Gasteiger partial charge in [-0.05, 0) is 24.1 Å². The van der Waals surface area contributed by atoms with Crippen LogP contribution in [0.25, 0.3) is 0 Å². The van der Waals surface area contributed by atoms with Crippen LogP contribution in [-0.4, -0.2) is 13.1 Å². The third-order valence-corrected chi connectivity index (χ3v) is 2.74. The normalized spacial score (nSPS) is 12.0. The van der Waals surface area contributed by atoms with Crippen molar-refractivity contribution in [2.24, 2.45) is 5.73 Å². The molecule has 0 amide bonds. The lowest BCUT2D eigenvalue weighted by Gasteiger charge is -2.14. The smallest absolute Gasteiger partial charge is 0.308 e. The van der Waals surface area contributed by atoms with Crippen LogP contribution in [0.5, 0.6) is 11.5 Å². The van der Waals surface area contributed by atoms with Gasteiger partial charge in [-0.15, -0.1) is 0 Å². The van der Waals surface area contributed by atoms with Crippen molar-refractivity contribution in [2.45, 2.75) is 39.2 Å². The predicted octanol–water partition coefficient (Wildman–Crippen LogP) is 2.81. The van der Waals surface area contributed by atoms with Gasteiger partial charge in [0.15, 0.2) is 11.5 Å². The van der Waals surface area contributed by atoms with Crippen LogP contribution in [0, 0.1) is 0 Å². The topological polar surface area (TPSA) is 61.5 Å². The van der Waals surface area contributed by atoms with Crippen molar-refractivity contribution in [2.75, 3.05) is 7.11 Å². The minimum atomic E-state index is -0.365. The zero-order chi connectivity index (χ0) is 13.5. The van der Waals surface area contributed by atoms with Gasteiger partial charge >= 0.3 is 5.97 Å². The Morgan fingerprint density at radius 1 is 1.39 bits per heavy atom. The molecule has 0 aliphatic rings. The molecular formula is C14H21NO3. The van der Waals surface area contributed by atoms with Gasteiger partial charge in [-0.3, -0.25) is 4.79 Å². The van der Waals surface area contributed by atoms with E-state index in [1.165, 1.54) is 6.92 Å². The third kappa shape index (κ3) is 4.04. The van der Waals surface area contributed by atoms with Gasteiger partial charge in [-0.2, -0.15) is 0 Å². The quantitative estimate of drug-likeness (QED) is 0.624. The van der Waals surface area contributed by atoms with Gasteiger partial charge in [0.2, 0.25) is 0 Å². The number of methoxy groups -OCH3 is 1. The Morgan fingerprint density at radius 3 is 2.67 bits per heavy atom. The van der Waals surface area contributed by atoms with Crippen LogP contribution in [0.15, 0.2) is 18.2 Å². The Hall–Kier alpha value is -1.55. The molecule has 100 valence electrons. The van der Waals surface area contributed by atoms with E-state index in [4.69, 9.17) is 15.2 Å². The summed E-state index contributed by atoms with van der Waals surface area (Å²) in [6.07, 6.45) is 3.15. The Kier molecular flexibility index (Phi) is 5.65. The molecule has 0 spiro atoms. The fourth-order valence-electron chi connectivity index (χ4n) is 1.74. The van der Waals surface area contributed by atoms with Crippen molar-refractivity contribution in [3.63, 3.8) is 0 Å². The number of unbranched alkanes of at least 4 members (excludes halogenated alkanes) is 1. The van der Waals surface area contributed by atoms with Crippen molar-refractivity contribution in [1.29, 1.82) is 0 Å². The highest BCUT2D eigenvalue weighted by atomic mass is 16.6. The fraction of sp³-hybridized carbons (Fsp3) is 0.500. The molecule has 1 aromatic rings. The first-order valence-electron chi connectivity index (χ1n) is 6.20. The lowest BCUT2D eigenvalue weighted by molar-refractivity contribution is -0.132. The van der Waals surface area contributed by atoms with Crippen LogP contribution in [0.1, 0.15) is 44.7 Å². The molecule has 0 aromatic heterocycles. The van der Waals surface area contributed by atoms with Gasteiger partial charge in [0, 0.05) is 13.0 Å². The van der Waals surface area contributed by atoms with Crippen molar-refractivity contribution in [3.8, 4) is 11.5 Å². The van der Waals surface area contributed by atoms with Gasteiger partial charge in [-0.1, -0.05) is 25.8 Å². The molecule has 0 aliphatic heterocycles. The summed E-state index contributed by atoms with van der Waals surface area (Å²) in [5, 5.41) is 0. The molecule has 1 rings (SSSR count). The summed E-state index contributed by atoms with van der Waals surface area (Å²) in [4.78, 5) is 10.9. The van der Waals surface area contributed by atoms with Crippen LogP contribution >= 0.6 is 0 Å². The average Bonchev–Trinajstić information content (AvgIpc) is 2.35. The highest BCUT2D eigenvalue weighted by Gasteiger charge is 2.11. The standard InChI is InChI=1S/C14H21NO3/c1-4-5-6-12(15)11-7-8-13(18-10(2)16)14(9-11)17-3/h7-9,12H,4-6,15H2,1-3H3/t12-/m1/s1. The minimum Gasteiger partial charge on any atom is -0.493 e. The van der Waals surface area contributed by atoms with E-state index in [1.54, 1.807) is 13.2 Å². The summed E-state index contributed by atoms with van der Waals surface area (Å²) in [5.41, 5.74) is 7.09. The number of hydrogen-bond donors (Lipinski definition) is 1. The maximum Gasteiger partial charge on any atom is 0.308 e. The van der Waals surface area contributed by atoms with E-state index >= 15 is 0 Å². The monoisotopic (exact) mass is 251 g/mol. The number of carbonyl (C=O) groups is 1. The van der Waals surface area contributed by atoms with Crippen molar-refractivity contribution < 1.29 is 14.3 Å². The van der Waals surface area contributed by atoms with Gasteiger partial charge in [0.25, 0.3) is 0 Å². The van der Waals surface area contributed by atoms with Crippen LogP contribution in [-0.2, 0) is 4.79 Å². The summed E-state index contributed by atoms with van der Waals surface area (Å²) in [6.45, 7) is 3.50. The van der Waals surface area contributed by atoms with Gasteiger partial charge in [0.1, 0.15) is 0 Å². The molecule has 1 atom stereocenters. The van der Waals surface area contributed by atoms with Crippen molar-refractivity contribution in [1.82, 2.24) is 0 Å². The average molecular weight is 251 g/mol. The fourth-order valence-corrected chi connectivity index (χ4v) is 1.74. The number of carbonyl (C=O) groups excluding carboxylic acids is 1. The number of esters is 1. The highest BCUT2D eigenvalue weighted by Crippen LogP contribution is 2.31. The van der Waals surface area contributed by atoms with Crippen molar-refractivity contribution >= 4 is 5.97 Å². The number of rotatable bonds is 6. The van der Waals surface area contributed by atoms with E-state index < -0.39 is 0 Å². The van der Waals surface area contributed by atoms with Crippen LogP contribution in [0.3, 0.4) is 0 Å². The number of nitrogens with two attached hydrogens (primary N) is 1. The lowest BCUT2D eigenvalue weighted by Crippen LogP contribution is -2.11. The Bertz CT molecular complexity index is 404. The number of benzene rings is 1. The molecule has 0 aliphatic carbocycles. The maximum atomic E-state index is 10.9. The first-order chi connectivity index (χ1) is 8.58. The summed E-state index contributed by atoms with van der Waals surface area (Å²) in [6, 6.07) is 5.42. The van der Waals surface area contributed by atoms with E-state index in [9.17, 15) is 4.79 Å². The minimum absolute atomic E-state index is 0.00905. The second kappa shape index (κ2) is 7.01. The van der Waals surface area contributed by atoms with E-state index in [0.717, 1.165) is 24.8 Å². The van der Waals surface area contributed by atoms with E-state index in [0.29, 0.717) is 11.5 Å². The third-order valence-electron chi connectivity index (χ3n) is 2.74. The van der Waals surface area contributed by atoms with Crippen LogP contribution < -0.4 is 15.2 Å². The van der Waals surface area contributed by atoms with Crippen LogP contribution in [0.2, 0.25) is 0 Å². The maximum absolute atomic E-state index is 10.9. The molecule has 0 saturated heterocycles. The summed E-state index contributed by atoms with van der Waals surface area (Å²) < 4.78 is 10.3. The number of hydrogen-bond acceptors (Lipinski definition) is 4. The molecular weight excluding hydrogens is 230 g/mol. The highest BCUT2D eigenvalue weighted by molar-refractivity contribution is 5.70. The molecule has 0 fully saturated rings. The second-order valence-electron chi connectivity index (χ2n) is 4.25. The molecule has 2 N–H and O–H groups in total. The van der Waals surface area contributed by atoms with E-state index in [1.807, 2.05) is 12.1 Å². The largest absolute Gasteiger partial charge is 0.493 e. The summed E-state index contributed by atoms with van der Waals surface area (Å²) >= 11 is 0. The molecule has 0 saturated carbocycles. The Morgan fingerprint density at radius 2 is 2.11 bits per heavy atom. The summed E-state index contributed by atoms with van der Waals surface area (Å²) in [7, 11) is 1.55. The van der Waals surface area contributed by atoms with Gasteiger partial charge < -0.3 is 15.2 Å². The summed E-state index contributed by atoms with van der Waals surface area (Å²) in [5.74, 6) is 0.599. The molecule has 4 nitrogen and oxygen atoms in total. The molecule has 18 heavy (non-hydrogen) atoms. The predicted molar refractivity (Wildman–Crippen MR) is 70.8 cm³/mol.